The van der Waals surface area contributed by atoms with Crippen LogP contribution in [0.3, 0.4) is 0 Å². The summed E-state index contributed by atoms with van der Waals surface area (Å²) < 4.78 is 1.02. The SMILES string of the molecule is CC(=O)SCC1CC(=O)N(c2ccc(Br)cc2C)C1. The van der Waals surface area contributed by atoms with Crippen molar-refractivity contribution in [2.45, 2.75) is 20.3 Å². The number of hydrogen-bond donors (Lipinski definition) is 0. The van der Waals surface area contributed by atoms with Gasteiger partial charge >= 0.3 is 0 Å². The number of benzene rings is 1. The fraction of sp³-hybridized carbons (Fsp3) is 0.429. The molecule has 5 heteroatoms. The van der Waals surface area contributed by atoms with Gasteiger partial charge < -0.3 is 4.90 Å². The minimum absolute atomic E-state index is 0.116. The van der Waals surface area contributed by atoms with Crippen molar-refractivity contribution < 1.29 is 9.59 Å². The second-order valence-electron chi connectivity index (χ2n) is 4.81. The molecule has 1 saturated heterocycles. The molecule has 0 bridgehead atoms. The Morgan fingerprint density at radius 3 is 2.89 bits per heavy atom. The van der Waals surface area contributed by atoms with E-state index < -0.39 is 0 Å². The molecule has 3 nitrogen and oxygen atoms in total. The van der Waals surface area contributed by atoms with Gasteiger partial charge in [-0.25, -0.2) is 0 Å². The highest BCUT2D eigenvalue weighted by Crippen LogP contribution is 2.30. The van der Waals surface area contributed by atoms with Crippen molar-refractivity contribution in [3.63, 3.8) is 0 Å². The maximum Gasteiger partial charge on any atom is 0.227 e. The zero-order valence-corrected chi connectivity index (χ0v) is 13.4. The highest BCUT2D eigenvalue weighted by Gasteiger charge is 2.31. The Labute approximate surface area is 125 Å². The van der Waals surface area contributed by atoms with Gasteiger partial charge in [-0.3, -0.25) is 9.59 Å². The largest absolute Gasteiger partial charge is 0.312 e. The summed E-state index contributed by atoms with van der Waals surface area (Å²) in [5, 5.41) is 0.116. The number of amides is 1. The predicted octanol–water partition coefficient (Wildman–Crippen LogP) is 3.39. The lowest BCUT2D eigenvalue weighted by molar-refractivity contribution is -0.117. The normalized spacial score (nSPS) is 19.0. The minimum atomic E-state index is 0.116. The first kappa shape index (κ1) is 14.6. The number of aryl methyl sites for hydroxylation is 1. The summed E-state index contributed by atoms with van der Waals surface area (Å²) in [5.74, 6) is 1.15. The van der Waals surface area contributed by atoms with Crippen LogP contribution in [0.25, 0.3) is 0 Å². The molecule has 1 heterocycles. The van der Waals surface area contributed by atoms with E-state index in [9.17, 15) is 9.59 Å². The first-order chi connectivity index (χ1) is 8.97. The van der Waals surface area contributed by atoms with E-state index in [-0.39, 0.29) is 16.9 Å². The molecule has 0 aliphatic carbocycles. The summed E-state index contributed by atoms with van der Waals surface area (Å²) >= 11 is 4.74. The number of anilines is 1. The highest BCUT2D eigenvalue weighted by atomic mass is 79.9. The van der Waals surface area contributed by atoms with Crippen LogP contribution in [0.4, 0.5) is 5.69 Å². The summed E-state index contributed by atoms with van der Waals surface area (Å²) in [6.07, 6.45) is 0.537. The molecule has 1 aromatic rings. The maximum atomic E-state index is 12.1. The van der Waals surface area contributed by atoms with Crippen LogP contribution in [0.5, 0.6) is 0 Å². The lowest BCUT2D eigenvalue weighted by atomic mass is 10.1. The number of carbonyl (C=O) groups excluding carboxylic acids is 2. The van der Waals surface area contributed by atoms with Gasteiger partial charge in [0.05, 0.1) is 0 Å². The zero-order chi connectivity index (χ0) is 14.0. The number of carbonyl (C=O) groups is 2. The van der Waals surface area contributed by atoms with Crippen molar-refractivity contribution in [3.8, 4) is 0 Å². The standard InChI is InChI=1S/C14H16BrNO2S/c1-9-5-12(15)3-4-13(9)16-7-11(6-14(16)18)8-19-10(2)17/h3-5,11H,6-8H2,1-2H3. The summed E-state index contributed by atoms with van der Waals surface area (Å²) in [6, 6.07) is 5.94. The van der Waals surface area contributed by atoms with Crippen LogP contribution in [0.2, 0.25) is 0 Å². The van der Waals surface area contributed by atoms with Gasteiger partial charge in [0.25, 0.3) is 0 Å². The summed E-state index contributed by atoms with van der Waals surface area (Å²) in [4.78, 5) is 24.9. The van der Waals surface area contributed by atoms with Crippen molar-refractivity contribution in [3.05, 3.63) is 28.2 Å². The van der Waals surface area contributed by atoms with Gasteiger partial charge in [-0.05, 0) is 36.6 Å². The maximum absolute atomic E-state index is 12.1. The Bertz CT molecular complexity index is 518. The second kappa shape index (κ2) is 6.09. The Hall–Kier alpha value is -0.810. The van der Waals surface area contributed by atoms with Gasteiger partial charge in [0.2, 0.25) is 5.91 Å². The van der Waals surface area contributed by atoms with E-state index in [0.29, 0.717) is 13.0 Å². The average Bonchev–Trinajstić information content (AvgIpc) is 2.68. The Kier molecular flexibility index (Phi) is 4.68. The summed E-state index contributed by atoms with van der Waals surface area (Å²) in [7, 11) is 0. The van der Waals surface area contributed by atoms with Crippen molar-refractivity contribution in [1.29, 1.82) is 0 Å². The third-order valence-corrected chi connectivity index (χ3v) is 4.71. The molecule has 0 spiro atoms. The summed E-state index contributed by atoms with van der Waals surface area (Å²) in [6.45, 7) is 4.28. The molecular formula is C14H16BrNO2S. The van der Waals surface area contributed by atoms with E-state index in [1.54, 1.807) is 6.92 Å². The number of halogens is 1. The van der Waals surface area contributed by atoms with Crippen molar-refractivity contribution in [2.75, 3.05) is 17.2 Å². The Balaban J connectivity index is 2.09. The lowest BCUT2D eigenvalue weighted by Crippen LogP contribution is -2.25. The van der Waals surface area contributed by atoms with E-state index >= 15 is 0 Å². The quantitative estimate of drug-likeness (QED) is 0.845. The van der Waals surface area contributed by atoms with E-state index in [1.165, 1.54) is 11.8 Å². The molecule has 1 fully saturated rings. The zero-order valence-electron chi connectivity index (χ0n) is 11.0. The molecule has 0 aromatic heterocycles. The van der Waals surface area contributed by atoms with Gasteiger partial charge in [0.1, 0.15) is 0 Å². The van der Waals surface area contributed by atoms with Crippen LogP contribution in [-0.4, -0.2) is 23.3 Å². The van der Waals surface area contributed by atoms with Crippen LogP contribution in [0.1, 0.15) is 18.9 Å². The van der Waals surface area contributed by atoms with Gasteiger partial charge in [0.15, 0.2) is 5.12 Å². The minimum Gasteiger partial charge on any atom is -0.312 e. The van der Waals surface area contributed by atoms with Gasteiger partial charge in [-0.2, -0.15) is 0 Å². The van der Waals surface area contributed by atoms with E-state index in [4.69, 9.17) is 0 Å². The second-order valence-corrected chi connectivity index (χ2v) is 6.92. The molecule has 1 aromatic carbocycles. The molecule has 102 valence electrons. The molecule has 1 aliphatic heterocycles. The Morgan fingerprint density at radius 1 is 1.53 bits per heavy atom. The first-order valence-corrected chi connectivity index (χ1v) is 7.95. The molecule has 1 aliphatic rings. The third-order valence-electron chi connectivity index (χ3n) is 3.18. The molecule has 1 amide bonds. The Morgan fingerprint density at radius 2 is 2.26 bits per heavy atom. The summed E-state index contributed by atoms with van der Waals surface area (Å²) in [5.41, 5.74) is 2.06. The smallest absolute Gasteiger partial charge is 0.227 e. The molecule has 0 N–H and O–H groups in total. The van der Waals surface area contributed by atoms with E-state index in [2.05, 4.69) is 15.9 Å². The average molecular weight is 342 g/mol. The molecule has 1 unspecified atom stereocenters. The van der Waals surface area contributed by atoms with Crippen molar-refractivity contribution >= 4 is 44.4 Å². The first-order valence-electron chi connectivity index (χ1n) is 6.17. The molecule has 2 rings (SSSR count). The van der Waals surface area contributed by atoms with Crippen LogP contribution in [0, 0.1) is 12.8 Å². The molecule has 0 radical (unpaired) electrons. The third kappa shape index (κ3) is 3.60. The van der Waals surface area contributed by atoms with Crippen LogP contribution in [-0.2, 0) is 9.59 Å². The fourth-order valence-corrected chi connectivity index (χ4v) is 3.45. The van der Waals surface area contributed by atoms with Crippen LogP contribution >= 0.6 is 27.7 Å². The monoisotopic (exact) mass is 341 g/mol. The fourth-order valence-electron chi connectivity index (χ4n) is 2.28. The predicted molar refractivity (Wildman–Crippen MR) is 82.5 cm³/mol. The molecular weight excluding hydrogens is 326 g/mol. The number of hydrogen-bond acceptors (Lipinski definition) is 3. The van der Waals surface area contributed by atoms with Crippen molar-refractivity contribution in [2.24, 2.45) is 5.92 Å². The topological polar surface area (TPSA) is 37.4 Å². The molecule has 0 saturated carbocycles. The van der Waals surface area contributed by atoms with E-state index in [0.717, 1.165) is 21.5 Å². The highest BCUT2D eigenvalue weighted by molar-refractivity contribution is 9.10. The van der Waals surface area contributed by atoms with Gasteiger partial charge in [-0.15, -0.1) is 0 Å². The lowest BCUT2D eigenvalue weighted by Gasteiger charge is -2.19. The van der Waals surface area contributed by atoms with Gasteiger partial charge in [-0.1, -0.05) is 27.7 Å². The van der Waals surface area contributed by atoms with Crippen molar-refractivity contribution in [1.82, 2.24) is 0 Å². The van der Waals surface area contributed by atoms with E-state index in [1.807, 2.05) is 30.0 Å². The van der Waals surface area contributed by atoms with Crippen LogP contribution in [0.15, 0.2) is 22.7 Å². The number of rotatable bonds is 3. The number of nitrogens with zero attached hydrogens (tertiary/aromatic N) is 1. The van der Waals surface area contributed by atoms with Gasteiger partial charge in [0, 0.05) is 35.8 Å². The molecule has 1 atom stereocenters. The number of thioether (sulfide) groups is 1. The molecule has 19 heavy (non-hydrogen) atoms. The van der Waals surface area contributed by atoms with Crippen LogP contribution < -0.4 is 4.90 Å².